The molecule has 0 unspecified atom stereocenters. The molecule has 2 aliphatic carbocycles. The van der Waals surface area contributed by atoms with Crippen molar-refractivity contribution in [3.05, 3.63) is 0 Å². The summed E-state index contributed by atoms with van der Waals surface area (Å²) in [6, 6.07) is 0.326. The highest BCUT2D eigenvalue weighted by Gasteiger charge is 2.39. The van der Waals surface area contributed by atoms with Crippen molar-refractivity contribution in [1.29, 1.82) is 0 Å². The zero-order chi connectivity index (χ0) is 10.0. The van der Waals surface area contributed by atoms with Gasteiger partial charge in [0.2, 0.25) is 0 Å². The monoisotopic (exact) mass is 197 g/mol. The molecule has 0 aromatic rings. The summed E-state index contributed by atoms with van der Waals surface area (Å²) in [7, 11) is 0. The van der Waals surface area contributed by atoms with E-state index >= 15 is 0 Å². The fraction of sp³-hybridized carbons (Fsp3) is 0.909. The van der Waals surface area contributed by atoms with Crippen molar-refractivity contribution in [2.24, 2.45) is 0 Å². The van der Waals surface area contributed by atoms with Crippen LogP contribution in [0.1, 0.15) is 51.4 Å². The minimum absolute atomic E-state index is 0.123. The average Bonchev–Trinajstić information content (AvgIpc) is 2.76. The van der Waals surface area contributed by atoms with Crippen molar-refractivity contribution < 1.29 is 9.90 Å². The van der Waals surface area contributed by atoms with Crippen LogP contribution in [-0.4, -0.2) is 22.7 Å². The maximum Gasteiger partial charge on any atom is 0.252 e. The normalized spacial score (nSPS) is 26.6. The van der Waals surface area contributed by atoms with E-state index < -0.39 is 5.60 Å². The molecule has 2 fully saturated rings. The van der Waals surface area contributed by atoms with Gasteiger partial charge in [-0.05, 0) is 38.5 Å². The van der Waals surface area contributed by atoms with Gasteiger partial charge in [0.05, 0.1) is 0 Å². The smallest absolute Gasteiger partial charge is 0.252 e. The van der Waals surface area contributed by atoms with Gasteiger partial charge in [-0.25, -0.2) is 0 Å². The molecule has 3 heteroatoms. The van der Waals surface area contributed by atoms with Crippen LogP contribution in [0.5, 0.6) is 0 Å². The number of hydrogen-bond acceptors (Lipinski definition) is 2. The molecule has 0 spiro atoms. The fourth-order valence-electron chi connectivity index (χ4n) is 2.58. The summed E-state index contributed by atoms with van der Waals surface area (Å²) in [5.41, 5.74) is -1.04. The highest BCUT2D eigenvalue weighted by atomic mass is 16.3. The van der Waals surface area contributed by atoms with Gasteiger partial charge in [0, 0.05) is 6.04 Å². The number of nitrogens with one attached hydrogen (secondary N) is 1. The molecular weight excluding hydrogens is 178 g/mol. The van der Waals surface area contributed by atoms with Gasteiger partial charge < -0.3 is 10.4 Å². The summed E-state index contributed by atoms with van der Waals surface area (Å²) in [6.45, 7) is 0. The standard InChI is InChI=1S/C11H19NO2/c13-10(11(14)7-3-4-8-11)12-9-5-1-2-6-9/h9,14H,1-8H2,(H,12,13). The number of aliphatic hydroxyl groups is 1. The first-order valence-corrected chi connectivity index (χ1v) is 5.74. The Balaban J connectivity index is 1.87. The first kappa shape index (κ1) is 9.97. The van der Waals surface area contributed by atoms with Crippen molar-refractivity contribution in [3.63, 3.8) is 0 Å². The molecule has 0 saturated heterocycles. The summed E-state index contributed by atoms with van der Waals surface area (Å²) in [5, 5.41) is 13.0. The van der Waals surface area contributed by atoms with Crippen molar-refractivity contribution in [2.75, 3.05) is 0 Å². The van der Waals surface area contributed by atoms with Gasteiger partial charge in [-0.2, -0.15) is 0 Å². The van der Waals surface area contributed by atoms with Crippen LogP contribution in [0.15, 0.2) is 0 Å². The van der Waals surface area contributed by atoms with E-state index in [1.807, 2.05) is 0 Å². The Bertz CT molecular complexity index is 215. The van der Waals surface area contributed by atoms with Crippen LogP contribution in [0.2, 0.25) is 0 Å². The van der Waals surface area contributed by atoms with Crippen LogP contribution in [0, 0.1) is 0 Å². The molecule has 14 heavy (non-hydrogen) atoms. The van der Waals surface area contributed by atoms with Crippen LogP contribution in [-0.2, 0) is 4.79 Å². The molecular formula is C11H19NO2. The second-order valence-electron chi connectivity index (χ2n) is 4.69. The quantitative estimate of drug-likeness (QED) is 0.702. The number of carbonyl (C=O) groups is 1. The minimum Gasteiger partial charge on any atom is -0.380 e. The molecule has 0 aromatic heterocycles. The Morgan fingerprint density at radius 2 is 1.71 bits per heavy atom. The molecule has 0 bridgehead atoms. The average molecular weight is 197 g/mol. The molecule has 3 nitrogen and oxygen atoms in total. The van der Waals surface area contributed by atoms with E-state index in [4.69, 9.17) is 0 Å². The summed E-state index contributed by atoms with van der Waals surface area (Å²) in [5.74, 6) is -0.123. The molecule has 2 rings (SSSR count). The number of rotatable bonds is 2. The van der Waals surface area contributed by atoms with Crippen LogP contribution in [0.25, 0.3) is 0 Å². The SMILES string of the molecule is O=C(NC1CCCC1)C1(O)CCCC1. The van der Waals surface area contributed by atoms with Gasteiger partial charge in [0.1, 0.15) is 5.60 Å². The molecule has 0 aliphatic heterocycles. The first-order valence-electron chi connectivity index (χ1n) is 5.74. The molecule has 80 valence electrons. The maximum atomic E-state index is 11.8. The molecule has 0 atom stereocenters. The van der Waals surface area contributed by atoms with E-state index in [1.54, 1.807) is 0 Å². The predicted octanol–water partition coefficient (Wildman–Crippen LogP) is 1.35. The summed E-state index contributed by atoms with van der Waals surface area (Å²) < 4.78 is 0. The Kier molecular flexibility index (Phi) is 2.77. The van der Waals surface area contributed by atoms with E-state index in [9.17, 15) is 9.90 Å². The van der Waals surface area contributed by atoms with E-state index in [0.29, 0.717) is 18.9 Å². The third kappa shape index (κ3) is 1.92. The molecule has 2 aliphatic rings. The van der Waals surface area contributed by atoms with Gasteiger partial charge in [-0.1, -0.05) is 12.8 Å². The second-order valence-corrected chi connectivity index (χ2v) is 4.69. The second kappa shape index (κ2) is 3.89. The Labute approximate surface area is 84.9 Å². The zero-order valence-electron chi connectivity index (χ0n) is 8.59. The van der Waals surface area contributed by atoms with Crippen LogP contribution < -0.4 is 5.32 Å². The van der Waals surface area contributed by atoms with Gasteiger partial charge >= 0.3 is 0 Å². The molecule has 0 radical (unpaired) electrons. The number of carbonyl (C=O) groups excluding carboxylic acids is 1. The lowest BCUT2D eigenvalue weighted by Crippen LogP contribution is -2.48. The topological polar surface area (TPSA) is 49.3 Å². The lowest BCUT2D eigenvalue weighted by molar-refractivity contribution is -0.139. The van der Waals surface area contributed by atoms with Crippen LogP contribution >= 0.6 is 0 Å². The van der Waals surface area contributed by atoms with Gasteiger partial charge in [0.25, 0.3) is 5.91 Å². The van der Waals surface area contributed by atoms with E-state index in [1.165, 1.54) is 12.8 Å². The largest absolute Gasteiger partial charge is 0.380 e. The third-order valence-corrected chi connectivity index (χ3v) is 3.54. The van der Waals surface area contributed by atoms with E-state index in [-0.39, 0.29) is 5.91 Å². The minimum atomic E-state index is -1.04. The van der Waals surface area contributed by atoms with Crippen LogP contribution in [0.4, 0.5) is 0 Å². The number of hydrogen-bond donors (Lipinski definition) is 2. The van der Waals surface area contributed by atoms with Crippen LogP contribution in [0.3, 0.4) is 0 Å². The Hall–Kier alpha value is -0.570. The van der Waals surface area contributed by atoms with Crippen molar-refractivity contribution >= 4 is 5.91 Å². The molecule has 1 amide bonds. The molecule has 0 aromatic carbocycles. The Morgan fingerprint density at radius 1 is 1.14 bits per heavy atom. The van der Waals surface area contributed by atoms with Crippen molar-refractivity contribution in [1.82, 2.24) is 5.32 Å². The zero-order valence-corrected chi connectivity index (χ0v) is 8.59. The molecule has 2 saturated carbocycles. The highest BCUT2D eigenvalue weighted by molar-refractivity contribution is 5.85. The van der Waals surface area contributed by atoms with Crippen molar-refractivity contribution in [3.8, 4) is 0 Å². The van der Waals surface area contributed by atoms with Gasteiger partial charge in [-0.15, -0.1) is 0 Å². The van der Waals surface area contributed by atoms with Gasteiger partial charge in [0.15, 0.2) is 0 Å². The molecule has 2 N–H and O–H groups in total. The van der Waals surface area contributed by atoms with Gasteiger partial charge in [-0.3, -0.25) is 4.79 Å². The summed E-state index contributed by atoms with van der Waals surface area (Å²) in [4.78, 5) is 11.8. The van der Waals surface area contributed by atoms with Crippen molar-refractivity contribution in [2.45, 2.75) is 63.0 Å². The lowest BCUT2D eigenvalue weighted by atomic mass is 10.0. The maximum absolute atomic E-state index is 11.8. The first-order chi connectivity index (χ1) is 6.71. The summed E-state index contributed by atoms with van der Waals surface area (Å²) >= 11 is 0. The van der Waals surface area contributed by atoms with E-state index in [0.717, 1.165) is 25.7 Å². The predicted molar refractivity (Wildman–Crippen MR) is 53.8 cm³/mol. The fourth-order valence-corrected chi connectivity index (χ4v) is 2.58. The lowest BCUT2D eigenvalue weighted by Gasteiger charge is -2.23. The highest BCUT2D eigenvalue weighted by Crippen LogP contribution is 2.30. The third-order valence-electron chi connectivity index (χ3n) is 3.54. The Morgan fingerprint density at radius 3 is 2.29 bits per heavy atom. The molecule has 0 heterocycles. The summed E-state index contributed by atoms with van der Waals surface area (Å²) in [6.07, 6.45) is 7.84. The number of amides is 1. The van der Waals surface area contributed by atoms with E-state index in [2.05, 4.69) is 5.32 Å².